The summed E-state index contributed by atoms with van der Waals surface area (Å²) in [6, 6.07) is -0.435. The van der Waals surface area contributed by atoms with Crippen LogP contribution < -0.4 is 0 Å². The molecule has 13 heavy (non-hydrogen) atoms. The molecule has 1 aliphatic heterocycles. The van der Waals surface area contributed by atoms with Gasteiger partial charge in [0.15, 0.2) is 0 Å². The molecule has 74 valence electrons. The van der Waals surface area contributed by atoms with Crippen molar-refractivity contribution in [2.75, 3.05) is 27.9 Å². The number of hydrogen-bond acceptors (Lipinski definition) is 4. The average molecular weight is 186 g/mol. The molecule has 4 nitrogen and oxygen atoms in total. The number of ether oxygens (including phenoxy) is 4. The summed E-state index contributed by atoms with van der Waals surface area (Å²) in [5.74, 6) is 0. The Bertz CT molecular complexity index is 155. The molecule has 1 saturated heterocycles. The van der Waals surface area contributed by atoms with Gasteiger partial charge in [0.05, 0.1) is 6.61 Å². The molecule has 0 aromatic rings. The Hall–Kier alpha value is -0.0951. The highest BCUT2D eigenvalue weighted by Gasteiger charge is 2.42. The second kappa shape index (κ2) is 4.95. The molecule has 0 saturated carbocycles. The van der Waals surface area contributed by atoms with Crippen LogP contribution in [-0.2, 0) is 18.9 Å². The van der Waals surface area contributed by atoms with Crippen LogP contribution in [-0.4, -0.2) is 60.1 Å². The second-order valence-corrected chi connectivity index (χ2v) is 3.00. The highest BCUT2D eigenvalue weighted by molar-refractivity contribution is 6.11. The van der Waals surface area contributed by atoms with Crippen LogP contribution >= 0.6 is 0 Å². The van der Waals surface area contributed by atoms with E-state index in [0.717, 1.165) is 0 Å². The fraction of sp³-hybridized carbons (Fsp3) is 1.00. The molecule has 5 heteroatoms. The lowest BCUT2D eigenvalue weighted by atomic mass is 9.93. The summed E-state index contributed by atoms with van der Waals surface area (Å²) in [6.45, 7) is 0.464. The predicted molar refractivity (Wildman–Crippen MR) is 47.9 cm³/mol. The fourth-order valence-electron chi connectivity index (χ4n) is 1.61. The molecule has 2 unspecified atom stereocenters. The minimum atomic E-state index is -0.435. The molecule has 1 fully saturated rings. The lowest BCUT2D eigenvalue weighted by Crippen LogP contribution is -2.37. The molecule has 0 aromatic heterocycles. The summed E-state index contributed by atoms with van der Waals surface area (Å²) in [5.41, 5.74) is 0. The molecule has 4 atom stereocenters. The van der Waals surface area contributed by atoms with Gasteiger partial charge in [0.2, 0.25) is 0 Å². The zero-order valence-corrected chi connectivity index (χ0v) is 8.23. The highest BCUT2D eigenvalue weighted by Crippen LogP contribution is 2.24. The quantitative estimate of drug-likeness (QED) is 0.557. The Morgan fingerprint density at radius 2 is 1.77 bits per heavy atom. The average Bonchev–Trinajstić information content (AvgIpc) is 2.41. The van der Waals surface area contributed by atoms with Crippen LogP contribution in [0.15, 0.2) is 0 Å². The molecular weight excluding hydrogens is 171 g/mol. The Balaban J connectivity index is 2.57. The second-order valence-electron chi connectivity index (χ2n) is 3.00. The molecule has 0 amide bonds. The van der Waals surface area contributed by atoms with Gasteiger partial charge in [-0.25, -0.2) is 0 Å². The van der Waals surface area contributed by atoms with E-state index in [1.807, 2.05) is 0 Å². The maximum absolute atomic E-state index is 5.69. The van der Waals surface area contributed by atoms with Gasteiger partial charge in [-0.05, 0) is 0 Å². The Morgan fingerprint density at radius 1 is 1.15 bits per heavy atom. The summed E-state index contributed by atoms with van der Waals surface area (Å²) < 4.78 is 20.8. The zero-order valence-electron chi connectivity index (χ0n) is 8.23. The fourth-order valence-corrected chi connectivity index (χ4v) is 1.61. The largest absolute Gasteiger partial charge is 0.382 e. The minimum Gasteiger partial charge on any atom is -0.382 e. The SMILES string of the molecule is [B][C@@H]1O[C@H](COC)C(OC)C1OC. The summed E-state index contributed by atoms with van der Waals surface area (Å²) in [7, 11) is 10.5. The molecule has 0 N–H and O–H groups in total. The molecule has 0 bridgehead atoms. The van der Waals surface area contributed by atoms with E-state index < -0.39 is 6.00 Å². The standard InChI is InChI=1S/C8H15BO4/c1-10-4-5-6(11-2)7(12-3)8(9)13-5/h5-8H,4H2,1-3H3/t5-,6?,7?,8-/m1/s1. The molecule has 2 radical (unpaired) electrons. The van der Waals surface area contributed by atoms with Crippen molar-refractivity contribution in [2.45, 2.75) is 24.3 Å². The van der Waals surface area contributed by atoms with Crippen molar-refractivity contribution in [2.24, 2.45) is 0 Å². The smallest absolute Gasteiger partial charge is 0.113 e. The number of methoxy groups -OCH3 is 3. The van der Waals surface area contributed by atoms with E-state index in [9.17, 15) is 0 Å². The van der Waals surface area contributed by atoms with Gasteiger partial charge in [0, 0.05) is 27.3 Å². The lowest BCUT2D eigenvalue weighted by molar-refractivity contribution is -0.0463. The van der Waals surface area contributed by atoms with Crippen molar-refractivity contribution in [3.63, 3.8) is 0 Å². The van der Waals surface area contributed by atoms with E-state index in [2.05, 4.69) is 0 Å². The third-order valence-electron chi connectivity index (χ3n) is 2.22. The predicted octanol–water partition coefficient (Wildman–Crippen LogP) is -0.444. The van der Waals surface area contributed by atoms with E-state index in [0.29, 0.717) is 6.61 Å². The third-order valence-corrected chi connectivity index (χ3v) is 2.22. The lowest BCUT2D eigenvalue weighted by Gasteiger charge is -2.20. The highest BCUT2D eigenvalue weighted by atomic mass is 16.6. The zero-order chi connectivity index (χ0) is 9.84. The summed E-state index contributed by atoms with van der Waals surface area (Å²) in [6.07, 6.45) is -0.514. The van der Waals surface area contributed by atoms with E-state index in [4.69, 9.17) is 26.8 Å². The first kappa shape index (κ1) is 11.0. The van der Waals surface area contributed by atoms with E-state index >= 15 is 0 Å². The Labute approximate surface area is 79.9 Å². The van der Waals surface area contributed by atoms with Crippen LogP contribution in [0.25, 0.3) is 0 Å². The van der Waals surface area contributed by atoms with E-state index in [1.54, 1.807) is 21.3 Å². The van der Waals surface area contributed by atoms with Crippen LogP contribution in [0.3, 0.4) is 0 Å². The maximum Gasteiger partial charge on any atom is 0.113 e. The molecule has 1 rings (SSSR count). The summed E-state index contributed by atoms with van der Waals surface area (Å²) in [5, 5.41) is 0. The Morgan fingerprint density at radius 3 is 2.23 bits per heavy atom. The number of rotatable bonds is 4. The number of hydrogen-bond donors (Lipinski definition) is 0. The Kier molecular flexibility index (Phi) is 4.19. The van der Waals surface area contributed by atoms with E-state index in [1.165, 1.54) is 0 Å². The van der Waals surface area contributed by atoms with Crippen LogP contribution in [0.4, 0.5) is 0 Å². The molecule has 1 heterocycles. The van der Waals surface area contributed by atoms with Gasteiger partial charge in [0.1, 0.15) is 26.2 Å². The van der Waals surface area contributed by atoms with Crippen molar-refractivity contribution in [3.05, 3.63) is 0 Å². The third kappa shape index (κ3) is 2.23. The molecule has 0 spiro atoms. The topological polar surface area (TPSA) is 36.9 Å². The first-order valence-corrected chi connectivity index (χ1v) is 4.20. The van der Waals surface area contributed by atoms with Gasteiger partial charge in [-0.2, -0.15) is 0 Å². The molecule has 0 aliphatic carbocycles. The molecular formula is C8H15BO4. The van der Waals surface area contributed by atoms with Crippen molar-refractivity contribution >= 4 is 7.85 Å². The minimum absolute atomic E-state index is 0.144. The van der Waals surface area contributed by atoms with Gasteiger partial charge in [-0.3, -0.25) is 0 Å². The van der Waals surface area contributed by atoms with Gasteiger partial charge in [0.25, 0.3) is 0 Å². The van der Waals surface area contributed by atoms with Gasteiger partial charge >= 0.3 is 0 Å². The molecule has 1 aliphatic rings. The van der Waals surface area contributed by atoms with Gasteiger partial charge in [-0.1, -0.05) is 0 Å². The van der Waals surface area contributed by atoms with Crippen LogP contribution in [0.1, 0.15) is 0 Å². The van der Waals surface area contributed by atoms with Gasteiger partial charge in [-0.15, -0.1) is 0 Å². The van der Waals surface area contributed by atoms with E-state index in [-0.39, 0.29) is 18.3 Å². The normalized spacial score (nSPS) is 39.6. The first-order valence-electron chi connectivity index (χ1n) is 4.20. The van der Waals surface area contributed by atoms with Crippen LogP contribution in [0, 0.1) is 0 Å². The van der Waals surface area contributed by atoms with Crippen LogP contribution in [0.5, 0.6) is 0 Å². The first-order chi connectivity index (χ1) is 6.24. The van der Waals surface area contributed by atoms with Crippen LogP contribution in [0.2, 0.25) is 0 Å². The maximum atomic E-state index is 5.69. The van der Waals surface area contributed by atoms with Gasteiger partial charge < -0.3 is 18.9 Å². The molecule has 0 aromatic carbocycles. The van der Waals surface area contributed by atoms with Crippen molar-refractivity contribution in [1.82, 2.24) is 0 Å². The van der Waals surface area contributed by atoms with Crippen molar-refractivity contribution in [1.29, 1.82) is 0 Å². The van der Waals surface area contributed by atoms with Crippen molar-refractivity contribution in [3.8, 4) is 0 Å². The monoisotopic (exact) mass is 186 g/mol. The summed E-state index contributed by atoms with van der Waals surface area (Å²) in [4.78, 5) is 0. The summed E-state index contributed by atoms with van der Waals surface area (Å²) >= 11 is 0. The van der Waals surface area contributed by atoms with Crippen molar-refractivity contribution < 1.29 is 18.9 Å².